The molecule has 1 N–H and O–H groups in total. The van der Waals surface area contributed by atoms with Crippen LogP contribution in [0.1, 0.15) is 132 Å². The number of aliphatic hydroxyl groups is 1. The van der Waals surface area contributed by atoms with E-state index in [-0.39, 0.29) is 66.6 Å². The Morgan fingerprint density at radius 2 is 1.49 bits per heavy atom. The lowest BCUT2D eigenvalue weighted by Crippen LogP contribution is -2.65. The van der Waals surface area contributed by atoms with Crippen molar-refractivity contribution in [2.24, 2.45) is 39.9 Å². The molecule has 4 aliphatic carbocycles. The number of ether oxygens (including phenoxy) is 5. The van der Waals surface area contributed by atoms with Crippen molar-refractivity contribution < 1.29 is 57.9 Å². The SMILES string of the molecule is CC(=O)O[C@H]1C[C@@]2(C)[C@@H](C[C@@H](O)[C@H]3[C@@]4(C)CC[C@@H](OC(=O)c5ccccc5C(=O)OCCc5ccc(OCCO[N+](=O)[O-])cc5)[C@@H](C)[C@@H]4CC[C@@]32C)/C1=C(\CCC=C(C)C)C(=O)OCc1ccccc1. The number of hydrogen-bond acceptors (Lipinski definition) is 13. The quantitative estimate of drug-likeness (QED) is 0.0242. The van der Waals surface area contributed by atoms with E-state index in [4.69, 9.17) is 23.7 Å². The molecule has 4 fully saturated rings. The molecule has 14 heteroatoms. The van der Waals surface area contributed by atoms with E-state index >= 15 is 0 Å². The molecule has 376 valence electrons. The van der Waals surface area contributed by atoms with Gasteiger partial charge in [-0.15, -0.1) is 10.1 Å². The van der Waals surface area contributed by atoms with E-state index in [1.807, 2.05) is 44.2 Å². The van der Waals surface area contributed by atoms with Crippen LogP contribution in [-0.4, -0.2) is 72.2 Å². The zero-order valence-corrected chi connectivity index (χ0v) is 41.6. The molecule has 0 radical (unpaired) electrons. The van der Waals surface area contributed by atoms with Crippen LogP contribution in [0, 0.1) is 50.0 Å². The van der Waals surface area contributed by atoms with E-state index in [1.54, 1.807) is 48.5 Å². The van der Waals surface area contributed by atoms with Crippen molar-refractivity contribution in [1.82, 2.24) is 0 Å². The number of nitrogens with zero attached hydrogens (tertiary/aromatic N) is 1. The van der Waals surface area contributed by atoms with E-state index in [0.29, 0.717) is 56.3 Å². The maximum absolute atomic E-state index is 14.3. The largest absolute Gasteiger partial charge is 0.492 e. The number of hydrogen-bond donors (Lipinski definition) is 1. The number of rotatable bonds is 18. The van der Waals surface area contributed by atoms with Crippen LogP contribution >= 0.6 is 0 Å². The molecule has 0 aromatic heterocycles. The Morgan fingerprint density at radius 3 is 2.16 bits per heavy atom. The summed E-state index contributed by atoms with van der Waals surface area (Å²) in [6.07, 6.45) is 5.60. The molecule has 0 bridgehead atoms. The Bertz CT molecular complexity index is 2450. The summed E-state index contributed by atoms with van der Waals surface area (Å²) in [4.78, 5) is 69.2. The Hall–Kier alpha value is -6.02. The van der Waals surface area contributed by atoms with Gasteiger partial charge in [-0.2, -0.15) is 0 Å². The number of allylic oxidation sites excluding steroid dienone is 2. The molecule has 0 unspecified atom stereocenters. The van der Waals surface area contributed by atoms with Gasteiger partial charge in [0.05, 0.1) is 23.8 Å². The Balaban J connectivity index is 1.05. The van der Waals surface area contributed by atoms with E-state index < -0.39 is 58.1 Å². The second-order valence-electron chi connectivity index (χ2n) is 20.8. The van der Waals surface area contributed by atoms with Crippen molar-refractivity contribution in [3.63, 3.8) is 0 Å². The maximum atomic E-state index is 14.3. The van der Waals surface area contributed by atoms with Gasteiger partial charge in [0, 0.05) is 18.9 Å². The molecule has 0 amide bonds. The van der Waals surface area contributed by atoms with Crippen LogP contribution in [0.5, 0.6) is 5.75 Å². The molecule has 7 rings (SSSR count). The van der Waals surface area contributed by atoms with Gasteiger partial charge in [-0.05, 0) is 146 Å². The Morgan fingerprint density at radius 1 is 0.800 bits per heavy atom. The molecule has 10 atom stereocenters. The lowest BCUT2D eigenvalue weighted by molar-refractivity contribution is -0.757. The number of esters is 4. The molecule has 14 nitrogen and oxygen atoms in total. The molecule has 0 aliphatic heterocycles. The van der Waals surface area contributed by atoms with E-state index in [2.05, 4.69) is 38.6 Å². The highest BCUT2D eigenvalue weighted by Crippen LogP contribution is 2.74. The first-order valence-electron chi connectivity index (χ1n) is 24.7. The maximum Gasteiger partial charge on any atom is 0.339 e. The first-order chi connectivity index (χ1) is 33.4. The lowest BCUT2D eigenvalue weighted by Gasteiger charge is -2.69. The van der Waals surface area contributed by atoms with Crippen LogP contribution in [0.3, 0.4) is 0 Å². The first kappa shape index (κ1) is 51.8. The van der Waals surface area contributed by atoms with E-state index in [0.717, 1.165) is 35.1 Å². The minimum Gasteiger partial charge on any atom is -0.492 e. The predicted octanol–water partition coefficient (Wildman–Crippen LogP) is 10.2. The summed E-state index contributed by atoms with van der Waals surface area (Å²) >= 11 is 0. The number of carbonyl (C=O) groups excluding carboxylic acids is 4. The average molecular weight is 964 g/mol. The normalized spacial score (nSPS) is 29.5. The van der Waals surface area contributed by atoms with Crippen LogP contribution in [0.15, 0.2) is 102 Å². The summed E-state index contributed by atoms with van der Waals surface area (Å²) in [7, 11) is 0. The smallest absolute Gasteiger partial charge is 0.339 e. The third-order valence-corrected chi connectivity index (χ3v) is 16.5. The van der Waals surface area contributed by atoms with E-state index in [9.17, 15) is 34.4 Å². The summed E-state index contributed by atoms with van der Waals surface area (Å²) in [5.41, 5.74) is 3.28. The van der Waals surface area contributed by atoms with Gasteiger partial charge in [0.25, 0.3) is 5.09 Å². The Kier molecular flexibility index (Phi) is 16.3. The number of carbonyl (C=O) groups is 4. The summed E-state index contributed by atoms with van der Waals surface area (Å²) < 4.78 is 29.6. The third kappa shape index (κ3) is 11.0. The molecule has 4 aliphatic rings. The highest BCUT2D eigenvalue weighted by Gasteiger charge is 2.71. The molecule has 3 aromatic carbocycles. The summed E-state index contributed by atoms with van der Waals surface area (Å²) in [6.45, 7) is 14.5. The summed E-state index contributed by atoms with van der Waals surface area (Å²) in [5.74, 6) is -1.85. The first-order valence-corrected chi connectivity index (χ1v) is 24.7. The standard InChI is InChI=1S/C56H69NO13/c1-35(2)14-13-19-43(52(61)67-34-39-15-9-8-10-16-39)49-45-32-46(59)50-54(5)27-25-47(36(3)44(54)24-28-55(50,6)56(45,7)33-48(49)69-37(4)58)70-53(62)42-18-12-11-17-41(42)51(60)66-29-26-38-20-22-40(23-21-38)65-30-31-68-57(63)64/h8-12,14-18,20-23,36,44-48,50,59H,13,19,24-34H2,1-7H3/b49-43-/t36-,44-,45-,46+,47+,48-,50-,54-,55-,56-/m0/s1. The zero-order chi connectivity index (χ0) is 50.4. The van der Waals surface area contributed by atoms with Crippen LogP contribution in [0.4, 0.5) is 0 Å². The van der Waals surface area contributed by atoms with Gasteiger partial charge in [0.2, 0.25) is 0 Å². The summed E-state index contributed by atoms with van der Waals surface area (Å²) in [5, 5.41) is 22.1. The van der Waals surface area contributed by atoms with Crippen LogP contribution < -0.4 is 4.74 Å². The number of fused-ring (bicyclic) bond motifs is 5. The fourth-order valence-electron chi connectivity index (χ4n) is 13.1. The highest BCUT2D eigenvalue weighted by atomic mass is 17.0. The minimum absolute atomic E-state index is 0.0156. The van der Waals surface area contributed by atoms with Crippen molar-refractivity contribution >= 4 is 23.9 Å². The molecule has 4 saturated carbocycles. The van der Waals surface area contributed by atoms with Crippen molar-refractivity contribution in [3.05, 3.63) is 134 Å². The molecular formula is C56H69NO13. The topological polar surface area (TPSA) is 187 Å². The molecule has 3 aromatic rings. The Labute approximate surface area is 411 Å². The molecular weight excluding hydrogens is 895 g/mol. The van der Waals surface area contributed by atoms with Crippen LogP contribution in [0.2, 0.25) is 0 Å². The van der Waals surface area contributed by atoms with Crippen molar-refractivity contribution in [2.45, 2.75) is 131 Å². The van der Waals surface area contributed by atoms with Crippen LogP contribution in [0.25, 0.3) is 0 Å². The number of benzene rings is 3. The lowest BCUT2D eigenvalue weighted by atomic mass is 9.36. The molecule has 70 heavy (non-hydrogen) atoms. The summed E-state index contributed by atoms with van der Waals surface area (Å²) in [6, 6.07) is 23.1. The fraction of sp³-hybridized carbons (Fsp3) is 0.536. The monoisotopic (exact) mass is 963 g/mol. The third-order valence-electron chi connectivity index (χ3n) is 16.5. The van der Waals surface area contributed by atoms with Crippen molar-refractivity contribution in [2.75, 3.05) is 19.8 Å². The highest BCUT2D eigenvalue weighted by molar-refractivity contribution is 6.03. The minimum atomic E-state index is -0.875. The zero-order valence-electron chi connectivity index (χ0n) is 41.6. The van der Waals surface area contributed by atoms with Gasteiger partial charge in [-0.25, -0.2) is 14.4 Å². The van der Waals surface area contributed by atoms with Crippen molar-refractivity contribution in [1.29, 1.82) is 0 Å². The molecule has 0 spiro atoms. The molecule has 0 heterocycles. The van der Waals surface area contributed by atoms with Gasteiger partial charge in [-0.1, -0.05) is 93.9 Å². The van der Waals surface area contributed by atoms with Gasteiger partial charge in [0.15, 0.2) is 0 Å². The van der Waals surface area contributed by atoms with Gasteiger partial charge < -0.3 is 33.6 Å². The van der Waals surface area contributed by atoms with Gasteiger partial charge in [0.1, 0.15) is 37.8 Å². The number of aliphatic hydroxyl groups excluding tert-OH is 1. The van der Waals surface area contributed by atoms with Crippen LogP contribution in [-0.2, 0) is 46.4 Å². The average Bonchev–Trinajstić information content (AvgIpc) is 3.60. The van der Waals surface area contributed by atoms with E-state index in [1.165, 1.54) is 6.92 Å². The molecule has 0 saturated heterocycles. The van der Waals surface area contributed by atoms with Gasteiger partial charge >= 0.3 is 23.9 Å². The predicted molar refractivity (Wildman–Crippen MR) is 260 cm³/mol. The second-order valence-corrected chi connectivity index (χ2v) is 20.8. The van der Waals surface area contributed by atoms with Crippen molar-refractivity contribution in [3.8, 4) is 5.75 Å². The fourth-order valence-corrected chi connectivity index (χ4v) is 13.1. The second kappa shape index (κ2) is 22.0. The van der Waals surface area contributed by atoms with Gasteiger partial charge in [-0.3, -0.25) is 4.79 Å².